The van der Waals surface area contributed by atoms with Crippen molar-refractivity contribution in [2.24, 2.45) is 10.8 Å². The zero-order valence-electron chi connectivity index (χ0n) is 14.2. The maximum atomic E-state index is 10.5. The molecule has 1 aliphatic carbocycles. The minimum absolute atomic E-state index is 0.166. The molecule has 1 saturated heterocycles. The molecule has 23 heavy (non-hydrogen) atoms. The van der Waals surface area contributed by atoms with Gasteiger partial charge in [0.25, 0.3) is 0 Å². The van der Waals surface area contributed by atoms with Gasteiger partial charge < -0.3 is 10.4 Å². The minimum Gasteiger partial charge on any atom is -0.480 e. The highest BCUT2D eigenvalue weighted by Gasteiger charge is 2.49. The molecule has 0 radical (unpaired) electrons. The summed E-state index contributed by atoms with van der Waals surface area (Å²) in [5.41, 5.74) is 1.93. The minimum atomic E-state index is -0.919. The fraction of sp³-hybridized carbons (Fsp3) is 0.706. The van der Waals surface area contributed by atoms with Crippen LogP contribution in [0.1, 0.15) is 45.6 Å². The van der Waals surface area contributed by atoms with Gasteiger partial charge in [-0.2, -0.15) is 0 Å². The first-order chi connectivity index (χ1) is 10.7. The summed E-state index contributed by atoms with van der Waals surface area (Å²) in [7, 11) is 0. The van der Waals surface area contributed by atoms with Gasteiger partial charge in [-0.15, -0.1) is 0 Å². The predicted octanol–water partition coefficient (Wildman–Crippen LogP) is 2.37. The maximum absolute atomic E-state index is 10.5. The van der Waals surface area contributed by atoms with Crippen LogP contribution in [0.5, 0.6) is 0 Å². The molecule has 2 fully saturated rings. The molecule has 6 nitrogen and oxygen atoms in total. The zero-order chi connectivity index (χ0) is 16.7. The second-order valence-electron chi connectivity index (χ2n) is 8.28. The van der Waals surface area contributed by atoms with Gasteiger partial charge >= 0.3 is 5.97 Å². The summed E-state index contributed by atoms with van der Waals surface area (Å²) in [6, 6.07) is 0.647. The van der Waals surface area contributed by atoms with E-state index < -0.39 is 5.97 Å². The molecule has 0 aromatic carbocycles. The van der Waals surface area contributed by atoms with E-state index in [1.54, 1.807) is 12.4 Å². The molecular weight excluding hydrogens is 292 g/mol. The summed E-state index contributed by atoms with van der Waals surface area (Å²) >= 11 is 0. The van der Waals surface area contributed by atoms with Gasteiger partial charge in [-0.05, 0) is 30.1 Å². The fourth-order valence-electron chi connectivity index (χ4n) is 4.68. The van der Waals surface area contributed by atoms with Crippen LogP contribution in [0.3, 0.4) is 0 Å². The Bertz CT molecular complexity index is 587. The average molecular weight is 318 g/mol. The Kier molecular flexibility index (Phi) is 4.04. The number of rotatable bonds is 5. The summed E-state index contributed by atoms with van der Waals surface area (Å²) in [4.78, 5) is 21.5. The highest BCUT2D eigenvalue weighted by molar-refractivity contribution is 5.71. The first-order valence-electron chi connectivity index (χ1n) is 8.25. The second kappa shape index (κ2) is 5.74. The SMILES string of the molecule is CC1(C)CC2C[C@@](C)(CN2Cc2cnc(NCC(=O)O)nc2)C1. The van der Waals surface area contributed by atoms with Crippen molar-refractivity contribution in [2.45, 2.75) is 52.6 Å². The molecule has 126 valence electrons. The molecule has 2 bridgehead atoms. The molecule has 1 saturated carbocycles. The van der Waals surface area contributed by atoms with Crippen molar-refractivity contribution >= 4 is 11.9 Å². The number of carboxylic acid groups (broad SMARTS) is 1. The van der Waals surface area contributed by atoms with Gasteiger partial charge in [-0.1, -0.05) is 20.8 Å². The summed E-state index contributed by atoms with van der Waals surface area (Å²) in [5.74, 6) is -0.553. The van der Waals surface area contributed by atoms with E-state index in [4.69, 9.17) is 5.11 Å². The quantitative estimate of drug-likeness (QED) is 0.868. The summed E-state index contributed by atoms with van der Waals surface area (Å²) in [6.07, 6.45) is 7.43. The van der Waals surface area contributed by atoms with Crippen LogP contribution in [-0.2, 0) is 11.3 Å². The topological polar surface area (TPSA) is 78.4 Å². The largest absolute Gasteiger partial charge is 0.480 e. The van der Waals surface area contributed by atoms with E-state index >= 15 is 0 Å². The normalized spacial score (nSPS) is 29.4. The van der Waals surface area contributed by atoms with Gasteiger partial charge in [0.05, 0.1) is 0 Å². The molecule has 1 aromatic rings. The Morgan fingerprint density at radius 2 is 2.04 bits per heavy atom. The molecule has 3 rings (SSSR count). The first-order valence-corrected chi connectivity index (χ1v) is 8.25. The lowest BCUT2D eigenvalue weighted by Crippen LogP contribution is -2.34. The third-order valence-electron chi connectivity index (χ3n) is 5.01. The lowest BCUT2D eigenvalue weighted by molar-refractivity contribution is -0.134. The van der Waals surface area contributed by atoms with Gasteiger partial charge in [-0.25, -0.2) is 9.97 Å². The number of nitrogens with zero attached hydrogens (tertiary/aromatic N) is 3. The van der Waals surface area contributed by atoms with E-state index in [1.165, 1.54) is 19.3 Å². The van der Waals surface area contributed by atoms with Crippen molar-refractivity contribution in [3.05, 3.63) is 18.0 Å². The number of carboxylic acids is 1. The molecule has 6 heteroatoms. The van der Waals surface area contributed by atoms with Crippen molar-refractivity contribution in [1.29, 1.82) is 0 Å². The Balaban J connectivity index is 1.63. The third-order valence-corrected chi connectivity index (χ3v) is 5.01. The lowest BCUT2D eigenvalue weighted by atomic mass is 9.65. The number of anilines is 1. The predicted molar refractivity (Wildman–Crippen MR) is 88.1 cm³/mol. The highest BCUT2D eigenvalue weighted by Crippen LogP contribution is 2.52. The van der Waals surface area contributed by atoms with Crippen LogP contribution in [0.2, 0.25) is 0 Å². The summed E-state index contributed by atoms with van der Waals surface area (Å²) in [5, 5.41) is 11.3. The van der Waals surface area contributed by atoms with Gasteiger partial charge in [0.1, 0.15) is 6.54 Å². The smallest absolute Gasteiger partial charge is 0.322 e. The van der Waals surface area contributed by atoms with E-state index in [9.17, 15) is 4.79 Å². The van der Waals surface area contributed by atoms with Crippen molar-refractivity contribution in [3.63, 3.8) is 0 Å². The van der Waals surface area contributed by atoms with E-state index in [2.05, 4.69) is 41.0 Å². The van der Waals surface area contributed by atoms with E-state index in [0.29, 0.717) is 22.8 Å². The van der Waals surface area contributed by atoms with Crippen LogP contribution in [0.25, 0.3) is 0 Å². The van der Waals surface area contributed by atoms with E-state index in [-0.39, 0.29) is 6.54 Å². The molecular formula is C17H26N4O2. The maximum Gasteiger partial charge on any atom is 0.322 e. The van der Waals surface area contributed by atoms with Crippen LogP contribution in [0, 0.1) is 10.8 Å². The molecule has 2 heterocycles. The molecule has 1 unspecified atom stereocenters. The lowest BCUT2D eigenvalue weighted by Gasteiger charge is -2.39. The number of aromatic nitrogens is 2. The van der Waals surface area contributed by atoms with Gasteiger partial charge in [0.2, 0.25) is 5.95 Å². The molecule has 0 amide bonds. The third kappa shape index (κ3) is 3.80. The Labute approximate surface area is 137 Å². The number of fused-ring (bicyclic) bond motifs is 2. The summed E-state index contributed by atoms with van der Waals surface area (Å²) < 4.78 is 0. The highest BCUT2D eigenvalue weighted by atomic mass is 16.4. The number of likely N-dealkylation sites (tertiary alicyclic amines) is 1. The summed E-state index contributed by atoms with van der Waals surface area (Å²) in [6.45, 7) is 9.02. The number of aliphatic carboxylic acids is 1. The monoisotopic (exact) mass is 318 g/mol. The number of hydrogen-bond donors (Lipinski definition) is 2. The van der Waals surface area contributed by atoms with Crippen molar-refractivity contribution in [2.75, 3.05) is 18.4 Å². The Morgan fingerprint density at radius 1 is 1.35 bits per heavy atom. The zero-order valence-corrected chi connectivity index (χ0v) is 14.2. The van der Waals surface area contributed by atoms with Crippen LogP contribution >= 0.6 is 0 Å². The first kappa shape index (κ1) is 16.2. The molecule has 1 aliphatic heterocycles. The Hall–Kier alpha value is -1.69. The number of nitrogens with one attached hydrogen (secondary N) is 1. The van der Waals surface area contributed by atoms with Crippen LogP contribution in [0.4, 0.5) is 5.95 Å². The number of carbonyl (C=O) groups is 1. The molecule has 2 atom stereocenters. The van der Waals surface area contributed by atoms with Crippen molar-refractivity contribution in [1.82, 2.24) is 14.9 Å². The van der Waals surface area contributed by atoms with Crippen LogP contribution in [0.15, 0.2) is 12.4 Å². The van der Waals surface area contributed by atoms with Crippen LogP contribution < -0.4 is 5.32 Å². The second-order valence-corrected chi connectivity index (χ2v) is 8.28. The van der Waals surface area contributed by atoms with E-state index in [0.717, 1.165) is 18.7 Å². The van der Waals surface area contributed by atoms with Crippen molar-refractivity contribution in [3.8, 4) is 0 Å². The van der Waals surface area contributed by atoms with Crippen LogP contribution in [-0.4, -0.2) is 45.1 Å². The Morgan fingerprint density at radius 3 is 2.70 bits per heavy atom. The molecule has 2 N–H and O–H groups in total. The van der Waals surface area contributed by atoms with Gasteiger partial charge in [0, 0.05) is 37.1 Å². The fourth-order valence-corrected chi connectivity index (χ4v) is 4.68. The molecule has 2 aliphatic rings. The average Bonchev–Trinajstić information content (AvgIpc) is 2.66. The van der Waals surface area contributed by atoms with Gasteiger partial charge in [0.15, 0.2) is 0 Å². The standard InChI is InChI=1S/C17H26N4O2/c1-16(2)4-13-5-17(3,10-16)11-21(13)9-12-6-18-15(19-7-12)20-8-14(22)23/h6-7,13H,4-5,8-11H2,1-3H3,(H,22,23)(H,18,19,20)/t13?,17-/m1/s1. The molecule has 1 aromatic heterocycles. The number of hydrogen-bond acceptors (Lipinski definition) is 5. The molecule has 0 spiro atoms. The van der Waals surface area contributed by atoms with Gasteiger partial charge in [-0.3, -0.25) is 9.69 Å². The van der Waals surface area contributed by atoms with E-state index in [1.807, 2.05) is 0 Å². The van der Waals surface area contributed by atoms with Crippen molar-refractivity contribution < 1.29 is 9.90 Å².